The highest BCUT2D eigenvalue weighted by Crippen LogP contribution is 2.21. The average molecular weight is 420 g/mol. The van der Waals surface area contributed by atoms with Crippen molar-refractivity contribution in [3.05, 3.63) is 70.5 Å². The van der Waals surface area contributed by atoms with Crippen molar-refractivity contribution >= 4 is 35.4 Å². The van der Waals surface area contributed by atoms with Gasteiger partial charge in [0.25, 0.3) is 5.91 Å². The van der Waals surface area contributed by atoms with Gasteiger partial charge in [0.05, 0.1) is 5.69 Å². The van der Waals surface area contributed by atoms with Crippen LogP contribution in [0.25, 0.3) is 5.69 Å². The minimum absolute atomic E-state index is 0.0876. The van der Waals surface area contributed by atoms with Gasteiger partial charge in [0, 0.05) is 15.6 Å². The maximum absolute atomic E-state index is 11.7. The van der Waals surface area contributed by atoms with Crippen LogP contribution in [0.3, 0.4) is 0 Å². The summed E-state index contributed by atoms with van der Waals surface area (Å²) in [5, 5.41) is 11.2. The quantitative estimate of drug-likeness (QED) is 0.343. The molecule has 0 saturated carbocycles. The zero-order chi connectivity index (χ0) is 19.8. The van der Waals surface area contributed by atoms with Gasteiger partial charge in [-0.1, -0.05) is 52.6 Å². The van der Waals surface area contributed by atoms with Crippen molar-refractivity contribution in [3.63, 3.8) is 0 Å². The second kappa shape index (κ2) is 9.72. The van der Waals surface area contributed by atoms with Crippen molar-refractivity contribution in [1.82, 2.24) is 20.1 Å². The number of para-hydroxylation sites is 1. The summed E-state index contributed by atoms with van der Waals surface area (Å²) in [4.78, 5) is 20.8. The monoisotopic (exact) mass is 419 g/mol. The number of oxime groups is 1. The highest BCUT2D eigenvalue weighted by Gasteiger charge is 2.06. The van der Waals surface area contributed by atoms with E-state index in [4.69, 9.17) is 32.8 Å². The molecule has 0 spiro atoms. The normalized spacial score (nSPS) is 10.8. The van der Waals surface area contributed by atoms with Crippen LogP contribution in [0.4, 0.5) is 0 Å². The number of rotatable bonds is 8. The molecule has 0 atom stereocenters. The first-order chi connectivity index (χ1) is 13.6. The highest BCUT2D eigenvalue weighted by molar-refractivity contribution is 6.35. The summed E-state index contributed by atoms with van der Waals surface area (Å²) in [5.74, 6) is -0.437. The standard InChI is InChI=1S/C18H15Cl2N5O3/c19-14-7-6-13(16(20)8-14)9-28-23-11-21-17(26)10-27-18-22-12-25(24-18)15-4-2-1-3-5-15/h1-8,11-12H,9-10H2,(H,21,23,26). The fourth-order valence-electron chi connectivity index (χ4n) is 2.07. The molecule has 0 saturated heterocycles. The Bertz CT molecular complexity index is 963. The summed E-state index contributed by atoms with van der Waals surface area (Å²) >= 11 is 11.8. The third-order valence-corrected chi connectivity index (χ3v) is 4.00. The first-order valence-electron chi connectivity index (χ1n) is 8.09. The summed E-state index contributed by atoms with van der Waals surface area (Å²) < 4.78 is 6.78. The van der Waals surface area contributed by atoms with E-state index in [-0.39, 0.29) is 19.2 Å². The Kier molecular flexibility index (Phi) is 6.83. The van der Waals surface area contributed by atoms with Crippen LogP contribution in [0.15, 0.2) is 60.0 Å². The summed E-state index contributed by atoms with van der Waals surface area (Å²) in [5.41, 5.74) is 1.55. The Labute approximate surface area is 170 Å². The van der Waals surface area contributed by atoms with Crippen LogP contribution >= 0.6 is 23.2 Å². The fraction of sp³-hybridized carbons (Fsp3) is 0.111. The lowest BCUT2D eigenvalue weighted by Gasteiger charge is -2.03. The predicted molar refractivity (Wildman–Crippen MR) is 105 cm³/mol. The summed E-state index contributed by atoms with van der Waals surface area (Å²) in [7, 11) is 0. The number of nitrogens with zero attached hydrogens (tertiary/aromatic N) is 4. The van der Waals surface area contributed by atoms with Gasteiger partial charge in [-0.15, -0.1) is 5.10 Å². The van der Waals surface area contributed by atoms with Crippen molar-refractivity contribution in [1.29, 1.82) is 0 Å². The van der Waals surface area contributed by atoms with Crippen molar-refractivity contribution < 1.29 is 14.4 Å². The summed E-state index contributed by atoms with van der Waals surface area (Å²) in [6, 6.07) is 14.5. The Morgan fingerprint density at radius 3 is 2.82 bits per heavy atom. The van der Waals surface area contributed by atoms with Gasteiger partial charge < -0.3 is 14.9 Å². The predicted octanol–water partition coefficient (Wildman–Crippen LogP) is 3.23. The maximum atomic E-state index is 11.7. The maximum Gasteiger partial charge on any atom is 0.336 e. The second-order valence-electron chi connectivity index (χ2n) is 5.41. The van der Waals surface area contributed by atoms with Crippen LogP contribution in [-0.4, -0.2) is 33.6 Å². The molecule has 0 radical (unpaired) electrons. The fourth-order valence-corrected chi connectivity index (χ4v) is 2.54. The molecule has 144 valence electrons. The van der Waals surface area contributed by atoms with E-state index in [1.165, 1.54) is 6.33 Å². The van der Waals surface area contributed by atoms with E-state index < -0.39 is 5.91 Å². The number of amides is 1. The number of halogens is 2. The lowest BCUT2D eigenvalue weighted by molar-refractivity contribution is -0.121. The number of nitrogens with one attached hydrogen (secondary N) is 1. The van der Waals surface area contributed by atoms with Gasteiger partial charge in [0.15, 0.2) is 6.61 Å². The largest absolute Gasteiger partial charge is 0.452 e. The number of hydrogen-bond acceptors (Lipinski definition) is 6. The number of carbonyl (C=O) groups is 1. The van der Waals surface area contributed by atoms with Gasteiger partial charge in [0.1, 0.15) is 19.3 Å². The molecule has 2 aromatic carbocycles. The van der Waals surface area contributed by atoms with Crippen LogP contribution in [0.2, 0.25) is 10.0 Å². The second-order valence-corrected chi connectivity index (χ2v) is 6.25. The number of benzene rings is 2. The van der Waals surface area contributed by atoms with Gasteiger partial charge >= 0.3 is 6.01 Å². The molecule has 8 nitrogen and oxygen atoms in total. The molecular formula is C18H15Cl2N5O3. The molecule has 1 aromatic heterocycles. The van der Waals surface area contributed by atoms with E-state index in [2.05, 4.69) is 20.6 Å². The Balaban J connectivity index is 1.39. The Morgan fingerprint density at radius 2 is 2.04 bits per heavy atom. The smallest absolute Gasteiger partial charge is 0.336 e. The molecule has 1 heterocycles. The van der Waals surface area contributed by atoms with Crippen LogP contribution in [0.5, 0.6) is 6.01 Å². The van der Waals surface area contributed by atoms with Crippen molar-refractivity contribution in [2.24, 2.45) is 5.16 Å². The van der Waals surface area contributed by atoms with E-state index in [9.17, 15) is 4.79 Å². The minimum Gasteiger partial charge on any atom is -0.452 e. The first kappa shape index (κ1) is 19.7. The van der Waals surface area contributed by atoms with E-state index in [0.29, 0.717) is 10.0 Å². The zero-order valence-corrected chi connectivity index (χ0v) is 16.0. The van der Waals surface area contributed by atoms with Crippen molar-refractivity contribution in [3.8, 4) is 11.7 Å². The molecule has 0 aliphatic heterocycles. The van der Waals surface area contributed by atoms with Crippen LogP contribution < -0.4 is 10.1 Å². The zero-order valence-electron chi connectivity index (χ0n) is 14.5. The SMILES string of the molecule is O=C(COc1ncn(-c2ccccc2)n1)N/C=N/OCc1ccc(Cl)cc1Cl. The molecule has 10 heteroatoms. The molecule has 0 aliphatic rings. The third-order valence-electron chi connectivity index (χ3n) is 3.41. The van der Waals surface area contributed by atoms with E-state index in [1.807, 2.05) is 30.3 Å². The van der Waals surface area contributed by atoms with Gasteiger partial charge in [0.2, 0.25) is 0 Å². The van der Waals surface area contributed by atoms with Crippen molar-refractivity contribution in [2.75, 3.05) is 6.61 Å². The molecular weight excluding hydrogens is 405 g/mol. The molecule has 28 heavy (non-hydrogen) atoms. The van der Waals surface area contributed by atoms with E-state index in [0.717, 1.165) is 17.6 Å². The average Bonchev–Trinajstić information content (AvgIpc) is 3.17. The number of aromatic nitrogens is 3. The van der Waals surface area contributed by atoms with Crippen LogP contribution in [-0.2, 0) is 16.2 Å². The van der Waals surface area contributed by atoms with E-state index in [1.54, 1.807) is 22.9 Å². The summed E-state index contributed by atoms with van der Waals surface area (Å²) in [6.07, 6.45) is 2.62. The number of carbonyl (C=O) groups excluding carboxylic acids is 1. The van der Waals surface area contributed by atoms with E-state index >= 15 is 0 Å². The van der Waals surface area contributed by atoms with Gasteiger partial charge in [-0.05, 0) is 24.3 Å². The van der Waals surface area contributed by atoms with Crippen LogP contribution in [0.1, 0.15) is 5.56 Å². The molecule has 0 fully saturated rings. The Morgan fingerprint density at radius 1 is 1.21 bits per heavy atom. The highest BCUT2D eigenvalue weighted by atomic mass is 35.5. The molecule has 0 aliphatic carbocycles. The van der Waals surface area contributed by atoms with Crippen molar-refractivity contribution in [2.45, 2.75) is 6.61 Å². The number of ether oxygens (including phenoxy) is 1. The topological polar surface area (TPSA) is 90.6 Å². The molecule has 3 aromatic rings. The lowest BCUT2D eigenvalue weighted by atomic mass is 10.2. The molecule has 1 N–H and O–H groups in total. The molecule has 0 unspecified atom stereocenters. The lowest BCUT2D eigenvalue weighted by Crippen LogP contribution is -2.27. The first-order valence-corrected chi connectivity index (χ1v) is 8.84. The van der Waals surface area contributed by atoms with Gasteiger partial charge in [-0.2, -0.15) is 4.98 Å². The molecule has 1 amide bonds. The third kappa shape index (κ3) is 5.70. The van der Waals surface area contributed by atoms with Gasteiger partial charge in [-0.25, -0.2) is 4.68 Å². The number of hydrogen-bond donors (Lipinski definition) is 1. The molecule has 3 rings (SSSR count). The molecule has 0 bridgehead atoms. The minimum atomic E-state index is -0.437. The van der Waals surface area contributed by atoms with Gasteiger partial charge in [-0.3, -0.25) is 4.79 Å². The van der Waals surface area contributed by atoms with Crippen LogP contribution in [0, 0.1) is 0 Å². The summed E-state index contributed by atoms with van der Waals surface area (Å²) in [6.45, 7) is -0.131. The Hall–Kier alpha value is -3.10.